The molecule has 18 heavy (non-hydrogen) atoms. The first-order valence-corrected chi connectivity index (χ1v) is 7.35. The Balaban J connectivity index is 2.36. The largest absolute Gasteiger partial charge is 0.309 e. The van der Waals surface area contributed by atoms with E-state index >= 15 is 0 Å². The molecular weight excluding hydrogens is 218 g/mol. The first kappa shape index (κ1) is 13.6. The van der Waals surface area contributed by atoms with Gasteiger partial charge in [-0.2, -0.15) is 0 Å². The van der Waals surface area contributed by atoms with Crippen molar-refractivity contribution in [1.29, 1.82) is 0 Å². The molecule has 0 aromatic heterocycles. The average Bonchev–Trinajstić information content (AvgIpc) is 2.28. The molecule has 100 valence electrons. The van der Waals surface area contributed by atoms with Crippen molar-refractivity contribution in [3.63, 3.8) is 0 Å². The molecular formula is C17H27N. The van der Waals surface area contributed by atoms with E-state index in [-0.39, 0.29) is 0 Å². The minimum Gasteiger partial charge on any atom is -0.309 e. The molecule has 0 amide bonds. The Morgan fingerprint density at radius 1 is 1.17 bits per heavy atom. The molecule has 0 fully saturated rings. The molecule has 1 aliphatic heterocycles. The van der Waals surface area contributed by atoms with Crippen LogP contribution >= 0.6 is 0 Å². The fraction of sp³-hybridized carbons (Fsp3) is 0.647. The van der Waals surface area contributed by atoms with Crippen molar-refractivity contribution in [2.45, 2.75) is 53.0 Å². The zero-order valence-electron chi connectivity index (χ0n) is 12.5. The molecule has 1 aliphatic rings. The summed E-state index contributed by atoms with van der Waals surface area (Å²) in [6.45, 7) is 12.6. The maximum absolute atomic E-state index is 3.71. The van der Waals surface area contributed by atoms with Crippen LogP contribution in [0.15, 0.2) is 18.2 Å². The predicted octanol–water partition coefficient (Wildman–Crippen LogP) is 4.29. The SMILES string of the molecule is CC(C)Cc1ccc2c(c1)C(C(C)C)NCC2C. The monoisotopic (exact) mass is 245 g/mol. The maximum atomic E-state index is 3.71. The van der Waals surface area contributed by atoms with Crippen LogP contribution in [-0.4, -0.2) is 6.54 Å². The maximum Gasteiger partial charge on any atom is 0.0346 e. The third-order valence-corrected chi connectivity index (χ3v) is 3.97. The Bertz CT molecular complexity index is 406. The zero-order chi connectivity index (χ0) is 13.3. The Morgan fingerprint density at radius 3 is 2.50 bits per heavy atom. The Kier molecular flexibility index (Phi) is 4.11. The van der Waals surface area contributed by atoms with Crippen molar-refractivity contribution in [2.24, 2.45) is 11.8 Å². The molecule has 0 spiro atoms. The van der Waals surface area contributed by atoms with Gasteiger partial charge < -0.3 is 5.32 Å². The third kappa shape index (κ3) is 2.77. The molecule has 1 aromatic rings. The Labute approximate surface area is 112 Å². The summed E-state index contributed by atoms with van der Waals surface area (Å²) < 4.78 is 0. The molecule has 0 saturated heterocycles. The second kappa shape index (κ2) is 5.44. The summed E-state index contributed by atoms with van der Waals surface area (Å²) in [6.07, 6.45) is 1.19. The minimum absolute atomic E-state index is 0.531. The van der Waals surface area contributed by atoms with Gasteiger partial charge in [0.15, 0.2) is 0 Å². The number of nitrogens with one attached hydrogen (secondary N) is 1. The van der Waals surface area contributed by atoms with Crippen LogP contribution in [0.4, 0.5) is 0 Å². The minimum atomic E-state index is 0.531. The fourth-order valence-electron chi connectivity index (χ4n) is 3.06. The van der Waals surface area contributed by atoms with Gasteiger partial charge in [-0.15, -0.1) is 0 Å². The first-order valence-electron chi connectivity index (χ1n) is 7.35. The molecule has 1 nitrogen and oxygen atoms in total. The summed E-state index contributed by atoms with van der Waals surface area (Å²) in [5.74, 6) is 2.03. The number of fused-ring (bicyclic) bond motifs is 1. The number of benzene rings is 1. The Morgan fingerprint density at radius 2 is 1.89 bits per heavy atom. The number of hydrogen-bond acceptors (Lipinski definition) is 1. The third-order valence-electron chi connectivity index (χ3n) is 3.97. The van der Waals surface area contributed by atoms with E-state index in [1.807, 2.05) is 0 Å². The van der Waals surface area contributed by atoms with E-state index in [2.05, 4.69) is 58.1 Å². The topological polar surface area (TPSA) is 12.0 Å². The summed E-state index contributed by atoms with van der Waals surface area (Å²) in [5.41, 5.74) is 4.59. The summed E-state index contributed by atoms with van der Waals surface area (Å²) in [6, 6.07) is 7.68. The van der Waals surface area contributed by atoms with Crippen LogP contribution in [0.25, 0.3) is 0 Å². The lowest BCUT2D eigenvalue weighted by Crippen LogP contribution is -2.35. The van der Waals surface area contributed by atoms with E-state index in [1.165, 1.54) is 12.0 Å². The smallest absolute Gasteiger partial charge is 0.0346 e. The molecule has 2 unspecified atom stereocenters. The lowest BCUT2D eigenvalue weighted by Gasteiger charge is -2.34. The fourth-order valence-corrected chi connectivity index (χ4v) is 3.06. The van der Waals surface area contributed by atoms with Crippen molar-refractivity contribution in [3.05, 3.63) is 34.9 Å². The van der Waals surface area contributed by atoms with Crippen LogP contribution in [0.2, 0.25) is 0 Å². The standard InChI is InChI=1S/C17H27N/c1-11(2)8-14-6-7-15-13(5)10-18-17(12(3)4)16(15)9-14/h6-7,9,11-13,17-18H,8,10H2,1-5H3. The first-order chi connectivity index (χ1) is 8.49. The highest BCUT2D eigenvalue weighted by Gasteiger charge is 2.26. The lowest BCUT2D eigenvalue weighted by atomic mass is 9.82. The summed E-state index contributed by atoms with van der Waals surface area (Å²) >= 11 is 0. The molecule has 1 heteroatoms. The van der Waals surface area contributed by atoms with Crippen molar-refractivity contribution in [1.82, 2.24) is 5.32 Å². The van der Waals surface area contributed by atoms with Crippen LogP contribution < -0.4 is 5.32 Å². The van der Waals surface area contributed by atoms with Gasteiger partial charge in [-0.05, 0) is 40.9 Å². The molecule has 1 aromatic carbocycles. The molecule has 2 atom stereocenters. The second-order valence-electron chi connectivity index (χ2n) is 6.59. The second-order valence-corrected chi connectivity index (χ2v) is 6.59. The predicted molar refractivity (Wildman–Crippen MR) is 79.0 cm³/mol. The van der Waals surface area contributed by atoms with Gasteiger partial charge in [0.2, 0.25) is 0 Å². The highest BCUT2D eigenvalue weighted by Crippen LogP contribution is 2.34. The van der Waals surface area contributed by atoms with E-state index in [4.69, 9.17) is 0 Å². The van der Waals surface area contributed by atoms with Crippen LogP contribution in [0.3, 0.4) is 0 Å². The summed E-state index contributed by atoms with van der Waals surface area (Å²) in [4.78, 5) is 0. The highest BCUT2D eigenvalue weighted by atomic mass is 14.9. The zero-order valence-corrected chi connectivity index (χ0v) is 12.5. The molecule has 0 bridgehead atoms. The van der Waals surface area contributed by atoms with Gasteiger partial charge in [-0.3, -0.25) is 0 Å². The number of rotatable bonds is 3. The van der Waals surface area contributed by atoms with Crippen LogP contribution in [0.1, 0.15) is 63.3 Å². The number of hydrogen-bond donors (Lipinski definition) is 1. The van der Waals surface area contributed by atoms with Gasteiger partial charge >= 0.3 is 0 Å². The van der Waals surface area contributed by atoms with Gasteiger partial charge in [0.1, 0.15) is 0 Å². The van der Waals surface area contributed by atoms with Crippen molar-refractivity contribution >= 4 is 0 Å². The molecule has 0 saturated carbocycles. The Hall–Kier alpha value is -0.820. The van der Waals surface area contributed by atoms with E-state index in [0.717, 1.165) is 12.5 Å². The summed E-state index contributed by atoms with van der Waals surface area (Å²) in [7, 11) is 0. The van der Waals surface area contributed by atoms with Crippen LogP contribution in [0.5, 0.6) is 0 Å². The van der Waals surface area contributed by atoms with Crippen LogP contribution in [0, 0.1) is 11.8 Å². The van der Waals surface area contributed by atoms with Crippen LogP contribution in [-0.2, 0) is 6.42 Å². The van der Waals surface area contributed by atoms with Crippen molar-refractivity contribution in [3.8, 4) is 0 Å². The molecule has 0 radical (unpaired) electrons. The van der Waals surface area contributed by atoms with Gasteiger partial charge in [0.25, 0.3) is 0 Å². The van der Waals surface area contributed by atoms with E-state index in [0.29, 0.717) is 17.9 Å². The molecule has 2 rings (SSSR count). The van der Waals surface area contributed by atoms with Crippen molar-refractivity contribution < 1.29 is 0 Å². The van der Waals surface area contributed by atoms with Gasteiger partial charge in [-0.25, -0.2) is 0 Å². The van der Waals surface area contributed by atoms with Crippen molar-refractivity contribution in [2.75, 3.05) is 6.54 Å². The average molecular weight is 245 g/mol. The molecule has 1 N–H and O–H groups in total. The quantitative estimate of drug-likeness (QED) is 0.837. The van der Waals surface area contributed by atoms with Gasteiger partial charge in [-0.1, -0.05) is 52.8 Å². The van der Waals surface area contributed by atoms with E-state index in [9.17, 15) is 0 Å². The molecule has 0 aliphatic carbocycles. The van der Waals surface area contributed by atoms with Gasteiger partial charge in [0.05, 0.1) is 0 Å². The van der Waals surface area contributed by atoms with E-state index < -0.39 is 0 Å². The van der Waals surface area contributed by atoms with Gasteiger partial charge in [0, 0.05) is 12.6 Å². The lowest BCUT2D eigenvalue weighted by molar-refractivity contribution is 0.376. The highest BCUT2D eigenvalue weighted by molar-refractivity contribution is 5.39. The van der Waals surface area contributed by atoms with E-state index in [1.54, 1.807) is 11.1 Å². The molecule has 1 heterocycles. The summed E-state index contributed by atoms with van der Waals surface area (Å²) in [5, 5.41) is 3.71. The normalized spacial score (nSPS) is 23.5.